The summed E-state index contributed by atoms with van der Waals surface area (Å²) in [5, 5.41) is 0. The second-order valence-corrected chi connectivity index (χ2v) is 4.83. The molecule has 1 aromatic rings. The van der Waals surface area contributed by atoms with Gasteiger partial charge in [-0.2, -0.15) is 0 Å². The summed E-state index contributed by atoms with van der Waals surface area (Å²) in [6.45, 7) is 5.01. The van der Waals surface area contributed by atoms with E-state index in [-0.39, 0.29) is 5.91 Å². The Morgan fingerprint density at radius 3 is 2.61 bits per heavy atom. The Bertz CT molecular complexity index is 432. The number of aryl methyl sites for hydroxylation is 2. The number of amides is 1. The van der Waals surface area contributed by atoms with E-state index in [4.69, 9.17) is 18.0 Å². The van der Waals surface area contributed by atoms with Gasteiger partial charge in [0, 0.05) is 13.0 Å². The highest BCUT2D eigenvalue weighted by atomic mass is 32.1. The van der Waals surface area contributed by atoms with Gasteiger partial charge in [0.15, 0.2) is 0 Å². The highest BCUT2D eigenvalue weighted by Gasteiger charge is 2.12. The molecule has 0 spiro atoms. The van der Waals surface area contributed by atoms with Crippen LogP contribution in [0.4, 0.5) is 0 Å². The van der Waals surface area contributed by atoms with Crippen LogP contribution in [0.3, 0.4) is 0 Å². The lowest BCUT2D eigenvalue weighted by Gasteiger charge is -2.20. The first kappa shape index (κ1) is 14.6. The molecular weight excluding hydrogens is 244 g/mol. The van der Waals surface area contributed by atoms with E-state index >= 15 is 0 Å². The molecule has 3 nitrogen and oxygen atoms in total. The van der Waals surface area contributed by atoms with Crippen LogP contribution in [0.25, 0.3) is 0 Å². The largest absolute Gasteiger partial charge is 0.392 e. The minimum absolute atomic E-state index is 0.105. The minimum atomic E-state index is 0.105. The Labute approximate surface area is 114 Å². The van der Waals surface area contributed by atoms with Crippen molar-refractivity contribution in [3.05, 3.63) is 35.4 Å². The Morgan fingerprint density at radius 2 is 2.06 bits per heavy atom. The van der Waals surface area contributed by atoms with Crippen LogP contribution in [-0.4, -0.2) is 28.9 Å². The molecule has 0 aliphatic rings. The number of likely N-dealkylation sites (N-methyl/N-ethyl adjacent to an activating group) is 1. The van der Waals surface area contributed by atoms with Gasteiger partial charge in [0.2, 0.25) is 5.91 Å². The van der Waals surface area contributed by atoms with Gasteiger partial charge in [-0.3, -0.25) is 4.79 Å². The summed E-state index contributed by atoms with van der Waals surface area (Å²) in [6.07, 6.45) is 1.26. The Morgan fingerprint density at radius 1 is 1.39 bits per heavy atom. The third kappa shape index (κ3) is 4.45. The minimum Gasteiger partial charge on any atom is -0.392 e. The van der Waals surface area contributed by atoms with Gasteiger partial charge in [0.25, 0.3) is 0 Å². The molecule has 98 valence electrons. The molecule has 0 bridgehead atoms. The van der Waals surface area contributed by atoms with Crippen LogP contribution >= 0.6 is 12.2 Å². The molecule has 0 saturated carbocycles. The van der Waals surface area contributed by atoms with Gasteiger partial charge in [0.05, 0.1) is 11.5 Å². The molecule has 0 aliphatic carbocycles. The number of rotatable bonds is 6. The predicted octanol–water partition coefficient (Wildman–Crippen LogP) is 2.06. The zero-order valence-corrected chi connectivity index (χ0v) is 11.8. The first-order valence-corrected chi connectivity index (χ1v) is 6.56. The first-order chi connectivity index (χ1) is 8.54. The van der Waals surface area contributed by atoms with Crippen molar-refractivity contribution >= 4 is 23.1 Å². The van der Waals surface area contributed by atoms with Crippen LogP contribution in [0.1, 0.15) is 24.5 Å². The molecule has 0 atom stereocenters. The van der Waals surface area contributed by atoms with Crippen molar-refractivity contribution in [2.24, 2.45) is 5.73 Å². The maximum absolute atomic E-state index is 12.0. The Kier molecular flexibility index (Phi) is 5.78. The summed E-state index contributed by atoms with van der Waals surface area (Å²) >= 11 is 4.84. The number of nitrogens with zero attached hydrogens (tertiary/aromatic N) is 1. The fourth-order valence-corrected chi connectivity index (χ4v) is 2.01. The number of carbonyl (C=O) groups excluding carboxylic acids is 1. The van der Waals surface area contributed by atoms with Crippen molar-refractivity contribution in [2.45, 2.75) is 26.7 Å². The van der Waals surface area contributed by atoms with Gasteiger partial charge < -0.3 is 10.6 Å². The van der Waals surface area contributed by atoms with E-state index in [1.54, 1.807) is 4.90 Å². The molecule has 1 aromatic carbocycles. The summed E-state index contributed by atoms with van der Waals surface area (Å²) in [5.74, 6) is 0.105. The van der Waals surface area contributed by atoms with Gasteiger partial charge in [-0.05, 0) is 31.4 Å². The highest BCUT2D eigenvalue weighted by Crippen LogP contribution is 2.10. The monoisotopic (exact) mass is 264 g/mol. The van der Waals surface area contributed by atoms with E-state index in [1.165, 1.54) is 11.1 Å². The van der Waals surface area contributed by atoms with E-state index < -0.39 is 0 Å². The predicted molar refractivity (Wildman–Crippen MR) is 78.5 cm³/mol. The summed E-state index contributed by atoms with van der Waals surface area (Å²) in [4.78, 5) is 14.1. The van der Waals surface area contributed by atoms with Crippen LogP contribution in [0.2, 0.25) is 0 Å². The van der Waals surface area contributed by atoms with Crippen LogP contribution in [-0.2, 0) is 11.2 Å². The summed E-state index contributed by atoms with van der Waals surface area (Å²) < 4.78 is 0. The smallest absolute Gasteiger partial charge is 0.223 e. The first-order valence-electron chi connectivity index (χ1n) is 6.15. The highest BCUT2D eigenvalue weighted by molar-refractivity contribution is 7.80. The van der Waals surface area contributed by atoms with Gasteiger partial charge >= 0.3 is 0 Å². The van der Waals surface area contributed by atoms with Crippen LogP contribution < -0.4 is 5.73 Å². The van der Waals surface area contributed by atoms with E-state index in [0.29, 0.717) is 24.5 Å². The van der Waals surface area contributed by atoms with Crippen molar-refractivity contribution in [3.8, 4) is 0 Å². The van der Waals surface area contributed by atoms with Crippen LogP contribution in [0, 0.1) is 6.92 Å². The topological polar surface area (TPSA) is 46.3 Å². The van der Waals surface area contributed by atoms with Crippen LogP contribution in [0.15, 0.2) is 24.3 Å². The quantitative estimate of drug-likeness (QED) is 0.800. The van der Waals surface area contributed by atoms with Crippen molar-refractivity contribution in [2.75, 3.05) is 13.1 Å². The summed E-state index contributed by atoms with van der Waals surface area (Å²) in [7, 11) is 0. The van der Waals surface area contributed by atoms with Gasteiger partial charge in [-0.25, -0.2) is 0 Å². The molecule has 0 heterocycles. The molecule has 0 unspecified atom stereocenters. The molecule has 0 fully saturated rings. The maximum Gasteiger partial charge on any atom is 0.223 e. The normalized spacial score (nSPS) is 10.1. The molecule has 1 amide bonds. The number of nitrogens with two attached hydrogens (primary N) is 1. The van der Waals surface area contributed by atoms with E-state index in [2.05, 4.69) is 19.1 Å². The van der Waals surface area contributed by atoms with Crippen molar-refractivity contribution < 1.29 is 4.79 Å². The van der Waals surface area contributed by atoms with Gasteiger partial charge in [-0.1, -0.05) is 36.5 Å². The fraction of sp³-hybridized carbons (Fsp3) is 0.429. The van der Waals surface area contributed by atoms with E-state index in [1.807, 2.05) is 19.1 Å². The fourth-order valence-electron chi connectivity index (χ4n) is 1.85. The summed E-state index contributed by atoms with van der Waals surface area (Å²) in [6, 6.07) is 8.13. The summed E-state index contributed by atoms with van der Waals surface area (Å²) in [5.41, 5.74) is 7.92. The van der Waals surface area contributed by atoms with Crippen molar-refractivity contribution in [1.29, 1.82) is 0 Å². The van der Waals surface area contributed by atoms with Crippen LogP contribution in [0.5, 0.6) is 0 Å². The third-order valence-corrected chi connectivity index (χ3v) is 3.08. The second-order valence-electron chi connectivity index (χ2n) is 4.30. The number of carbonyl (C=O) groups is 1. The average molecular weight is 264 g/mol. The molecule has 0 saturated heterocycles. The Hall–Kier alpha value is -1.42. The van der Waals surface area contributed by atoms with Gasteiger partial charge in [-0.15, -0.1) is 0 Å². The maximum atomic E-state index is 12.0. The number of benzene rings is 1. The molecule has 18 heavy (non-hydrogen) atoms. The van der Waals surface area contributed by atoms with Crippen molar-refractivity contribution in [3.63, 3.8) is 0 Å². The lowest BCUT2D eigenvalue weighted by atomic mass is 10.0. The van der Waals surface area contributed by atoms with Crippen molar-refractivity contribution in [1.82, 2.24) is 4.90 Å². The second kappa shape index (κ2) is 7.11. The lowest BCUT2D eigenvalue weighted by Crippen LogP contribution is -2.37. The van der Waals surface area contributed by atoms with E-state index in [0.717, 1.165) is 6.42 Å². The standard InChI is InChI=1S/C14H20N2OS/c1-3-16(10-13(15)18)14(17)9-8-12-7-5-4-6-11(12)2/h4-7H,3,8-10H2,1-2H3,(H2,15,18). The molecule has 0 aromatic heterocycles. The molecule has 0 aliphatic heterocycles. The number of thiocarbonyl (C=S) groups is 1. The molecular formula is C14H20N2OS. The zero-order valence-electron chi connectivity index (χ0n) is 11.0. The zero-order chi connectivity index (χ0) is 13.5. The van der Waals surface area contributed by atoms with Gasteiger partial charge in [0.1, 0.15) is 0 Å². The average Bonchev–Trinajstić information content (AvgIpc) is 2.34. The van der Waals surface area contributed by atoms with E-state index in [9.17, 15) is 4.79 Å². The Balaban J connectivity index is 2.54. The molecule has 0 radical (unpaired) electrons. The molecule has 1 rings (SSSR count). The SMILES string of the molecule is CCN(CC(N)=S)C(=O)CCc1ccccc1C. The number of hydrogen-bond donors (Lipinski definition) is 1. The number of hydrogen-bond acceptors (Lipinski definition) is 2. The molecule has 4 heteroatoms. The third-order valence-electron chi connectivity index (χ3n) is 2.95. The lowest BCUT2D eigenvalue weighted by molar-refractivity contribution is -0.130. The molecule has 2 N–H and O–H groups in total.